The number of nitrogens with one attached hydrogen (secondary N) is 2. The highest BCUT2D eigenvalue weighted by Crippen LogP contribution is 2.53. The first-order valence-electron chi connectivity index (χ1n) is 14.2. The zero-order valence-corrected chi connectivity index (χ0v) is 24.6. The normalized spacial score (nSPS) is 21.9. The molecule has 1 saturated carbocycles. The standard InChI is InChI=1S/C30H34N4O7S/c1-33(2)42(39,40)32-28(35)26-20-15-34-22(25-18(24(20)26)10-7-11-21(25)31-29(36)30(37)38)14-19-23(41-3)13-12-17(27(19)34)16-8-5-4-6-9-16/h7,10,12-14,16,21,25H,4-6,8-9,11,15H2,1-3H3,(H,31,36)(H,32,35)(H,37,38)/t21-,25?/m1/s1. The number of amides is 2. The Morgan fingerprint density at radius 1 is 1.12 bits per heavy atom. The highest BCUT2D eigenvalue weighted by atomic mass is 32.2. The first-order chi connectivity index (χ1) is 20.0. The molecule has 12 heteroatoms. The Morgan fingerprint density at radius 3 is 2.52 bits per heavy atom. The van der Waals surface area contributed by atoms with E-state index in [2.05, 4.69) is 26.7 Å². The van der Waals surface area contributed by atoms with Crippen molar-refractivity contribution < 1.29 is 32.6 Å². The Labute approximate surface area is 244 Å². The van der Waals surface area contributed by atoms with Gasteiger partial charge in [-0.3, -0.25) is 9.59 Å². The number of ether oxygens (including phenoxy) is 1. The van der Waals surface area contributed by atoms with Crippen LogP contribution in [-0.4, -0.2) is 67.4 Å². The van der Waals surface area contributed by atoms with E-state index in [-0.39, 0.29) is 0 Å². The van der Waals surface area contributed by atoms with Gasteiger partial charge in [0, 0.05) is 43.7 Å². The highest BCUT2D eigenvalue weighted by molar-refractivity contribution is 7.87. The summed E-state index contributed by atoms with van der Waals surface area (Å²) in [5.41, 5.74) is 5.52. The summed E-state index contributed by atoms with van der Waals surface area (Å²) < 4.78 is 36.0. The second-order valence-corrected chi connectivity index (χ2v) is 13.4. The van der Waals surface area contributed by atoms with Crippen LogP contribution < -0.4 is 14.8 Å². The number of rotatable bonds is 6. The molecule has 0 saturated heterocycles. The summed E-state index contributed by atoms with van der Waals surface area (Å²) in [5.74, 6) is -2.81. The molecule has 3 aliphatic carbocycles. The van der Waals surface area contributed by atoms with E-state index >= 15 is 0 Å². The van der Waals surface area contributed by atoms with Crippen LogP contribution in [0.4, 0.5) is 0 Å². The van der Waals surface area contributed by atoms with E-state index in [1.54, 1.807) is 7.11 Å². The van der Waals surface area contributed by atoms with Gasteiger partial charge >= 0.3 is 22.1 Å². The third-order valence-electron chi connectivity index (χ3n) is 8.93. The van der Waals surface area contributed by atoms with Crippen molar-refractivity contribution in [3.05, 3.63) is 63.9 Å². The monoisotopic (exact) mass is 594 g/mol. The summed E-state index contributed by atoms with van der Waals surface area (Å²) in [6.45, 7) is 0.333. The van der Waals surface area contributed by atoms with Crippen molar-refractivity contribution in [3.8, 4) is 5.75 Å². The Balaban J connectivity index is 1.56. The molecule has 4 aliphatic rings. The van der Waals surface area contributed by atoms with Gasteiger partial charge in [-0.2, -0.15) is 12.7 Å². The molecule has 1 aromatic carbocycles. The summed E-state index contributed by atoms with van der Waals surface area (Å²) in [4.78, 5) is 37.2. The summed E-state index contributed by atoms with van der Waals surface area (Å²) >= 11 is 0. The largest absolute Gasteiger partial charge is 0.496 e. The summed E-state index contributed by atoms with van der Waals surface area (Å²) in [6.07, 6.45) is 9.77. The molecule has 0 bridgehead atoms. The first kappa shape index (κ1) is 28.2. The molecule has 2 aromatic rings. The van der Waals surface area contributed by atoms with Crippen molar-refractivity contribution in [2.75, 3.05) is 21.2 Å². The van der Waals surface area contributed by atoms with Gasteiger partial charge in [-0.15, -0.1) is 0 Å². The molecule has 1 aliphatic heterocycles. The number of carbonyl (C=O) groups is 3. The smallest absolute Gasteiger partial charge is 0.394 e. The number of carbonyl (C=O) groups excluding carboxylic acids is 2. The number of aromatic nitrogens is 1. The lowest BCUT2D eigenvalue weighted by atomic mass is 9.81. The molecule has 0 spiro atoms. The number of methoxy groups -OCH3 is 1. The molecule has 2 heterocycles. The Hall–Kier alpha value is -3.90. The van der Waals surface area contributed by atoms with Crippen LogP contribution in [0, 0.1) is 0 Å². The third-order valence-corrected chi connectivity index (χ3v) is 10.3. The van der Waals surface area contributed by atoms with Crippen LogP contribution in [0.2, 0.25) is 0 Å². The topological polar surface area (TPSA) is 147 Å². The van der Waals surface area contributed by atoms with Crippen molar-refractivity contribution in [3.63, 3.8) is 0 Å². The average molecular weight is 595 g/mol. The van der Waals surface area contributed by atoms with Crippen molar-refractivity contribution in [2.24, 2.45) is 0 Å². The van der Waals surface area contributed by atoms with Crippen LogP contribution in [0.15, 0.2) is 52.6 Å². The van der Waals surface area contributed by atoms with Gasteiger partial charge in [0.2, 0.25) is 0 Å². The number of allylic oxidation sites excluding steroid dienone is 2. The minimum Gasteiger partial charge on any atom is -0.496 e. The molecule has 2 amide bonds. The number of hydrogen-bond acceptors (Lipinski definition) is 6. The van der Waals surface area contributed by atoms with E-state index in [1.807, 2.05) is 18.2 Å². The molecule has 1 fully saturated rings. The lowest BCUT2D eigenvalue weighted by Gasteiger charge is -2.31. The van der Waals surface area contributed by atoms with Gasteiger partial charge in [0.15, 0.2) is 0 Å². The average Bonchev–Trinajstić information content (AvgIpc) is 3.59. The van der Waals surface area contributed by atoms with Gasteiger partial charge in [-0.1, -0.05) is 37.5 Å². The first-order valence-corrected chi connectivity index (χ1v) is 15.6. The SMILES string of the molecule is COc1ccc(C2CCCCC2)c2c1cc1n2CC2=C(C(=O)NS(=O)(=O)N(C)C)C2=C2C=CC[C@@H](NC(=O)C(=O)O)C21. The summed E-state index contributed by atoms with van der Waals surface area (Å²) in [7, 11) is 0.285. The molecule has 2 atom stereocenters. The summed E-state index contributed by atoms with van der Waals surface area (Å²) in [5, 5.41) is 13.0. The van der Waals surface area contributed by atoms with E-state index in [1.165, 1.54) is 26.1 Å². The lowest BCUT2D eigenvalue weighted by Crippen LogP contribution is -2.44. The van der Waals surface area contributed by atoms with E-state index in [0.29, 0.717) is 35.8 Å². The van der Waals surface area contributed by atoms with E-state index in [9.17, 15) is 27.9 Å². The van der Waals surface area contributed by atoms with Crippen LogP contribution in [0.3, 0.4) is 0 Å². The van der Waals surface area contributed by atoms with E-state index in [0.717, 1.165) is 57.7 Å². The van der Waals surface area contributed by atoms with Crippen molar-refractivity contribution in [1.82, 2.24) is 18.9 Å². The van der Waals surface area contributed by atoms with Gasteiger partial charge in [-0.05, 0) is 59.6 Å². The molecule has 222 valence electrons. The molecule has 42 heavy (non-hydrogen) atoms. The highest BCUT2D eigenvalue weighted by Gasteiger charge is 2.46. The molecule has 1 aromatic heterocycles. The Bertz CT molecular complexity index is 1720. The minimum atomic E-state index is -4.02. The Morgan fingerprint density at radius 2 is 1.86 bits per heavy atom. The maximum atomic E-state index is 13.3. The van der Waals surface area contributed by atoms with E-state index in [4.69, 9.17) is 4.74 Å². The van der Waals surface area contributed by atoms with Crippen LogP contribution in [0.5, 0.6) is 5.75 Å². The number of aliphatic carboxylic acids is 1. The van der Waals surface area contributed by atoms with E-state index < -0.39 is 40.0 Å². The van der Waals surface area contributed by atoms with Crippen LogP contribution in [0.25, 0.3) is 10.9 Å². The molecule has 3 N–H and O–H groups in total. The molecule has 1 unspecified atom stereocenters. The molecule has 6 rings (SSSR count). The lowest BCUT2D eigenvalue weighted by molar-refractivity contribution is -0.150. The third kappa shape index (κ3) is 4.62. The van der Waals surface area contributed by atoms with Crippen molar-refractivity contribution in [1.29, 1.82) is 0 Å². The van der Waals surface area contributed by atoms with Gasteiger partial charge in [0.25, 0.3) is 5.91 Å². The van der Waals surface area contributed by atoms with Gasteiger partial charge in [0.05, 0.1) is 18.2 Å². The second-order valence-electron chi connectivity index (χ2n) is 11.5. The van der Waals surface area contributed by atoms with Gasteiger partial charge < -0.3 is 19.7 Å². The maximum Gasteiger partial charge on any atom is 0.394 e. The molecular formula is C30H34N4O7S. The number of hydrogen-bond donors (Lipinski definition) is 3. The maximum absolute atomic E-state index is 13.3. The number of carboxylic acid groups (broad SMARTS) is 1. The predicted octanol–water partition coefficient (Wildman–Crippen LogP) is 2.85. The fourth-order valence-corrected chi connectivity index (χ4v) is 7.42. The quantitative estimate of drug-likeness (QED) is 0.436. The number of fused-ring (bicyclic) bond motifs is 6. The summed E-state index contributed by atoms with van der Waals surface area (Å²) in [6, 6.07) is 5.57. The van der Waals surface area contributed by atoms with Crippen LogP contribution in [-0.2, 0) is 31.1 Å². The number of nitrogens with zero attached hydrogens (tertiary/aromatic N) is 2. The van der Waals surface area contributed by atoms with Crippen LogP contribution >= 0.6 is 0 Å². The van der Waals surface area contributed by atoms with Gasteiger partial charge in [-0.25, -0.2) is 9.52 Å². The van der Waals surface area contributed by atoms with Crippen molar-refractivity contribution in [2.45, 2.75) is 62.9 Å². The van der Waals surface area contributed by atoms with Crippen molar-refractivity contribution >= 4 is 38.9 Å². The zero-order valence-electron chi connectivity index (χ0n) is 23.8. The Kier molecular flexibility index (Phi) is 7.01. The zero-order chi connectivity index (χ0) is 29.9. The number of benzene rings is 1. The molecule has 11 nitrogen and oxygen atoms in total. The fraction of sp³-hybridized carbons (Fsp3) is 0.433. The van der Waals surface area contributed by atoms with Crippen LogP contribution in [0.1, 0.15) is 61.6 Å². The fourth-order valence-electron chi connectivity index (χ4n) is 6.90. The van der Waals surface area contributed by atoms with Gasteiger partial charge in [0.1, 0.15) is 5.75 Å². The minimum absolute atomic E-state index is 0.310. The number of carboxylic acids is 1. The predicted molar refractivity (Wildman–Crippen MR) is 155 cm³/mol. The molecule has 0 radical (unpaired) electrons. The molecular weight excluding hydrogens is 560 g/mol. The second kappa shape index (κ2) is 10.4.